The van der Waals surface area contributed by atoms with Crippen LogP contribution in [-0.2, 0) is 4.74 Å². The lowest BCUT2D eigenvalue weighted by Gasteiger charge is -2.35. The Hall–Kier alpha value is -3.17. The molecule has 33 heavy (non-hydrogen) atoms. The summed E-state index contributed by atoms with van der Waals surface area (Å²) >= 11 is 0. The molecule has 1 aliphatic rings. The zero-order valence-corrected chi connectivity index (χ0v) is 19.1. The minimum absolute atomic E-state index is 0.150. The lowest BCUT2D eigenvalue weighted by molar-refractivity contribution is -0.0233. The van der Waals surface area contributed by atoms with Crippen LogP contribution in [0.5, 0.6) is 0 Å². The monoisotopic (exact) mass is 452 g/mol. The van der Waals surface area contributed by atoms with E-state index in [0.717, 1.165) is 23.2 Å². The maximum absolute atomic E-state index is 14.2. The second-order valence-electron chi connectivity index (χ2n) is 8.60. The molecule has 2 heterocycles. The first-order chi connectivity index (χ1) is 15.9. The molecule has 3 aromatic rings. The molecule has 0 saturated carbocycles. The van der Waals surface area contributed by atoms with Gasteiger partial charge in [0.2, 0.25) is 0 Å². The van der Waals surface area contributed by atoms with E-state index in [1.807, 2.05) is 55.1 Å². The quantitative estimate of drug-likeness (QED) is 0.593. The van der Waals surface area contributed by atoms with Gasteiger partial charge in [0.25, 0.3) is 5.91 Å². The van der Waals surface area contributed by atoms with Crippen molar-refractivity contribution in [3.63, 3.8) is 0 Å². The molecule has 0 aliphatic carbocycles. The fraction of sp³-hybridized carbons (Fsp3) is 0.417. The normalized spacial score (nSPS) is 19.9. The summed E-state index contributed by atoms with van der Waals surface area (Å²) in [5.41, 5.74) is 4.24. The maximum atomic E-state index is 14.2. The van der Waals surface area contributed by atoms with Crippen LogP contribution in [-0.4, -0.2) is 76.1 Å². The highest BCUT2D eigenvalue weighted by Crippen LogP contribution is 2.25. The summed E-state index contributed by atoms with van der Waals surface area (Å²) in [6.07, 6.45) is 0.777. The standard InChI is InChI=1S/C24H29FN6O2/c1-16-4-6-18(7-5-16)19-10-20(12-21(11-19)31-15-26-28-29-31)24(32)27-17(2)13-30-9-8-23(33-3)22(25)14-30/h4-7,10-12,15,17,22-23H,8-9,13-14H2,1-3H3,(H,27,32). The molecule has 0 bridgehead atoms. The lowest BCUT2D eigenvalue weighted by atomic mass is 10.0. The number of carbonyl (C=O) groups excluding carboxylic acids is 1. The number of nitrogens with zero attached hydrogens (tertiary/aromatic N) is 5. The Morgan fingerprint density at radius 3 is 2.70 bits per heavy atom. The van der Waals surface area contributed by atoms with Gasteiger partial charge in [-0.05, 0) is 60.0 Å². The van der Waals surface area contributed by atoms with Gasteiger partial charge in [-0.3, -0.25) is 9.69 Å². The number of tetrazole rings is 1. The van der Waals surface area contributed by atoms with Gasteiger partial charge in [0, 0.05) is 38.3 Å². The Labute approximate surface area is 192 Å². The summed E-state index contributed by atoms with van der Waals surface area (Å²) in [6.45, 7) is 5.58. The first-order valence-electron chi connectivity index (χ1n) is 11.1. The number of aromatic nitrogens is 4. The van der Waals surface area contributed by atoms with Crippen LogP contribution in [0.3, 0.4) is 0 Å². The van der Waals surface area contributed by atoms with Gasteiger partial charge in [-0.1, -0.05) is 29.8 Å². The van der Waals surface area contributed by atoms with Crippen molar-refractivity contribution < 1.29 is 13.9 Å². The van der Waals surface area contributed by atoms with Gasteiger partial charge in [0.1, 0.15) is 12.5 Å². The van der Waals surface area contributed by atoms with E-state index in [1.165, 1.54) is 11.0 Å². The lowest BCUT2D eigenvalue weighted by Crippen LogP contribution is -2.50. The number of aryl methyl sites for hydroxylation is 1. The summed E-state index contributed by atoms with van der Waals surface area (Å²) < 4.78 is 20.9. The highest BCUT2D eigenvalue weighted by molar-refractivity contribution is 5.96. The molecule has 8 nitrogen and oxygen atoms in total. The number of carbonyl (C=O) groups is 1. The van der Waals surface area contributed by atoms with Crippen molar-refractivity contribution in [2.75, 3.05) is 26.7 Å². The first-order valence-corrected chi connectivity index (χ1v) is 11.1. The van der Waals surface area contributed by atoms with Crippen LogP contribution in [0.1, 0.15) is 29.3 Å². The van der Waals surface area contributed by atoms with Gasteiger partial charge in [-0.25, -0.2) is 9.07 Å². The second-order valence-corrected chi connectivity index (χ2v) is 8.60. The van der Waals surface area contributed by atoms with Crippen LogP contribution >= 0.6 is 0 Å². The highest BCUT2D eigenvalue weighted by Gasteiger charge is 2.29. The molecule has 1 fully saturated rings. The number of nitrogens with one attached hydrogen (secondary N) is 1. The smallest absolute Gasteiger partial charge is 0.251 e. The van der Waals surface area contributed by atoms with E-state index >= 15 is 0 Å². The highest BCUT2D eigenvalue weighted by atomic mass is 19.1. The largest absolute Gasteiger partial charge is 0.378 e. The van der Waals surface area contributed by atoms with E-state index in [4.69, 9.17) is 4.74 Å². The third-order valence-corrected chi connectivity index (χ3v) is 5.96. The molecule has 9 heteroatoms. The number of ether oxygens (including phenoxy) is 1. The molecular weight excluding hydrogens is 423 g/mol. The van der Waals surface area contributed by atoms with Crippen molar-refractivity contribution in [2.45, 2.75) is 38.6 Å². The molecule has 1 amide bonds. The zero-order chi connectivity index (χ0) is 23.4. The van der Waals surface area contributed by atoms with Crippen molar-refractivity contribution >= 4 is 5.91 Å². The van der Waals surface area contributed by atoms with Crippen LogP contribution in [0.2, 0.25) is 0 Å². The number of amides is 1. The average molecular weight is 453 g/mol. The third-order valence-electron chi connectivity index (χ3n) is 5.96. The predicted octanol–water partition coefficient (Wildman–Crippen LogP) is 2.81. The molecule has 4 rings (SSSR count). The Balaban J connectivity index is 1.51. The van der Waals surface area contributed by atoms with E-state index < -0.39 is 6.17 Å². The van der Waals surface area contributed by atoms with Crippen LogP contribution in [0.25, 0.3) is 16.8 Å². The van der Waals surface area contributed by atoms with Crippen molar-refractivity contribution in [1.82, 2.24) is 30.4 Å². The molecule has 174 valence electrons. The van der Waals surface area contributed by atoms with E-state index in [9.17, 15) is 9.18 Å². The van der Waals surface area contributed by atoms with Crippen molar-refractivity contribution in [2.24, 2.45) is 0 Å². The van der Waals surface area contributed by atoms with E-state index in [0.29, 0.717) is 30.8 Å². The molecular formula is C24H29FN6O2. The Kier molecular flexibility index (Phi) is 7.10. The second kappa shape index (κ2) is 10.2. The van der Waals surface area contributed by atoms with E-state index in [1.54, 1.807) is 13.2 Å². The summed E-state index contributed by atoms with van der Waals surface area (Å²) in [5, 5.41) is 14.4. The van der Waals surface area contributed by atoms with E-state index in [2.05, 4.69) is 20.8 Å². The molecule has 2 aromatic carbocycles. The number of methoxy groups -OCH3 is 1. The van der Waals surface area contributed by atoms with Crippen molar-refractivity contribution in [1.29, 1.82) is 0 Å². The van der Waals surface area contributed by atoms with Crippen molar-refractivity contribution in [3.05, 3.63) is 59.9 Å². The number of benzene rings is 2. The molecule has 1 aromatic heterocycles. The SMILES string of the molecule is COC1CCN(CC(C)NC(=O)c2cc(-c3ccc(C)cc3)cc(-n3cnnn3)c2)CC1F. The summed E-state index contributed by atoms with van der Waals surface area (Å²) in [7, 11) is 1.55. The first kappa shape index (κ1) is 23.0. The predicted molar refractivity (Wildman–Crippen MR) is 123 cm³/mol. The topological polar surface area (TPSA) is 85.2 Å². The Morgan fingerprint density at radius 1 is 1.24 bits per heavy atom. The Morgan fingerprint density at radius 2 is 2.03 bits per heavy atom. The Bertz CT molecular complexity index is 1070. The zero-order valence-electron chi connectivity index (χ0n) is 19.1. The van der Waals surface area contributed by atoms with Gasteiger partial charge >= 0.3 is 0 Å². The molecule has 1 N–H and O–H groups in total. The van der Waals surface area contributed by atoms with Gasteiger partial charge in [-0.15, -0.1) is 5.10 Å². The van der Waals surface area contributed by atoms with Crippen LogP contribution in [0.4, 0.5) is 4.39 Å². The molecule has 1 aliphatic heterocycles. The van der Waals surface area contributed by atoms with Crippen molar-refractivity contribution in [3.8, 4) is 16.8 Å². The molecule has 3 unspecified atom stereocenters. The number of hydrogen-bond acceptors (Lipinski definition) is 6. The number of piperidine rings is 1. The van der Waals surface area contributed by atoms with Gasteiger partial charge in [0.15, 0.2) is 0 Å². The number of alkyl halides is 1. The number of hydrogen-bond donors (Lipinski definition) is 1. The average Bonchev–Trinajstić information content (AvgIpc) is 3.34. The van der Waals surface area contributed by atoms with Crippen LogP contribution in [0, 0.1) is 6.92 Å². The minimum Gasteiger partial charge on any atom is -0.378 e. The molecule has 0 radical (unpaired) electrons. The maximum Gasteiger partial charge on any atom is 0.251 e. The minimum atomic E-state index is -1.02. The molecule has 1 saturated heterocycles. The summed E-state index contributed by atoms with van der Waals surface area (Å²) in [6, 6.07) is 13.5. The number of halogens is 1. The molecule has 3 atom stereocenters. The fourth-order valence-corrected chi connectivity index (χ4v) is 4.18. The number of rotatable bonds is 7. The fourth-order valence-electron chi connectivity index (χ4n) is 4.18. The molecule has 0 spiro atoms. The van der Waals surface area contributed by atoms with E-state index in [-0.39, 0.29) is 18.1 Å². The summed E-state index contributed by atoms with van der Waals surface area (Å²) in [5.74, 6) is -0.200. The van der Waals surface area contributed by atoms with Crippen LogP contribution in [0.15, 0.2) is 48.8 Å². The summed E-state index contributed by atoms with van der Waals surface area (Å²) in [4.78, 5) is 15.2. The van der Waals surface area contributed by atoms with Gasteiger partial charge < -0.3 is 10.1 Å². The number of likely N-dealkylation sites (tertiary alicyclic amines) is 1. The van der Waals surface area contributed by atoms with Gasteiger partial charge in [0.05, 0.1) is 11.8 Å². The van der Waals surface area contributed by atoms with Gasteiger partial charge in [-0.2, -0.15) is 0 Å². The third kappa shape index (κ3) is 5.61. The van der Waals surface area contributed by atoms with Crippen LogP contribution < -0.4 is 5.32 Å².